The van der Waals surface area contributed by atoms with E-state index in [1.165, 1.54) is 6.92 Å². The van der Waals surface area contributed by atoms with E-state index < -0.39 is 78.3 Å². The quantitative estimate of drug-likeness (QED) is 0.406. The van der Waals surface area contributed by atoms with Crippen molar-refractivity contribution in [3.63, 3.8) is 0 Å². The summed E-state index contributed by atoms with van der Waals surface area (Å²) in [5, 5.41) is 4.88. The Morgan fingerprint density at radius 1 is 1.16 bits per heavy atom. The van der Waals surface area contributed by atoms with E-state index in [1.54, 1.807) is 0 Å². The number of carbonyl (C=O) groups excluding carboxylic acids is 4. The lowest BCUT2D eigenvalue weighted by molar-refractivity contribution is -0.339. The van der Waals surface area contributed by atoms with E-state index in [0.29, 0.717) is 0 Å². The number of hydrogen-bond donors (Lipinski definition) is 2. The molecule has 0 aromatic carbocycles. The Hall–Kier alpha value is -2.42. The first kappa shape index (κ1) is 29.1. The Kier molecular flexibility index (Phi) is 8.18. The van der Waals surface area contributed by atoms with Gasteiger partial charge in [-0.25, -0.2) is 0 Å². The van der Waals surface area contributed by atoms with Crippen LogP contribution in [0.4, 0.5) is 26.3 Å². The summed E-state index contributed by atoms with van der Waals surface area (Å²) in [6.07, 6.45) is -12.4. The van der Waals surface area contributed by atoms with Crippen molar-refractivity contribution in [3.8, 4) is 0 Å². The molecule has 3 aliphatic rings. The molecule has 9 nitrogen and oxygen atoms in total. The number of ketones is 1. The van der Waals surface area contributed by atoms with Crippen molar-refractivity contribution in [2.75, 3.05) is 19.7 Å². The Bertz CT molecular complexity index is 924. The SMILES string of the molecule is CC[C@@H](OC(F)(F)F)C(=O)N1C[C@H]2[C@@H]([C@H]1C(=O)N[C@@H](C[C@@H]1CCNC1=O)C(=O)COC(F)(F)F)C2(C)C. The number of hydrogen-bond acceptors (Lipinski definition) is 6. The van der Waals surface area contributed by atoms with E-state index in [1.807, 2.05) is 13.8 Å². The number of fused-ring (bicyclic) bond motifs is 1. The molecule has 2 N–H and O–H groups in total. The molecule has 2 saturated heterocycles. The van der Waals surface area contributed by atoms with Crippen LogP contribution in [0.2, 0.25) is 0 Å². The smallest absolute Gasteiger partial charge is 0.356 e. The molecule has 0 unspecified atom stereocenters. The van der Waals surface area contributed by atoms with Crippen LogP contribution >= 0.6 is 0 Å². The molecule has 210 valence electrons. The standard InChI is InChI=1S/C22H29F6N3O6/c1-4-14(37-22(26,27)28)19(35)31-8-11-15(20(11,2)3)16(31)18(34)30-12(7-10-5-6-29-17(10)33)13(32)9-36-21(23,24)25/h10-12,14-16H,4-9H2,1-3H3,(H,29,33)(H,30,34)/t10-,11-,12-,14+,15-,16-/m0/s1. The molecule has 0 bridgehead atoms. The predicted octanol–water partition coefficient (Wildman–Crippen LogP) is 1.90. The van der Waals surface area contributed by atoms with Gasteiger partial charge >= 0.3 is 12.7 Å². The van der Waals surface area contributed by atoms with Gasteiger partial charge in [-0.15, -0.1) is 26.3 Å². The van der Waals surface area contributed by atoms with E-state index >= 15 is 0 Å². The highest BCUT2D eigenvalue weighted by atomic mass is 19.4. The summed E-state index contributed by atoms with van der Waals surface area (Å²) in [5.74, 6) is -4.94. The van der Waals surface area contributed by atoms with Gasteiger partial charge in [0.2, 0.25) is 11.8 Å². The zero-order valence-corrected chi connectivity index (χ0v) is 20.4. The summed E-state index contributed by atoms with van der Waals surface area (Å²) < 4.78 is 83.5. The molecule has 1 aliphatic carbocycles. The summed E-state index contributed by atoms with van der Waals surface area (Å²) in [6, 6.07) is -2.82. The number of alkyl halides is 6. The molecule has 37 heavy (non-hydrogen) atoms. The first-order valence-electron chi connectivity index (χ1n) is 11.8. The number of ether oxygens (including phenoxy) is 2. The number of likely N-dealkylation sites (tertiary alicyclic amines) is 1. The molecule has 15 heteroatoms. The molecule has 1 saturated carbocycles. The number of nitrogens with zero attached hydrogens (tertiary/aromatic N) is 1. The van der Waals surface area contributed by atoms with E-state index in [9.17, 15) is 45.5 Å². The third-order valence-electron chi connectivity index (χ3n) is 7.45. The van der Waals surface area contributed by atoms with E-state index in [-0.39, 0.29) is 38.3 Å². The van der Waals surface area contributed by atoms with Crippen LogP contribution in [-0.2, 0) is 28.7 Å². The average Bonchev–Trinajstić information content (AvgIpc) is 3.13. The van der Waals surface area contributed by atoms with Gasteiger partial charge in [-0.2, -0.15) is 0 Å². The Labute approximate surface area is 208 Å². The maximum absolute atomic E-state index is 13.4. The molecular weight excluding hydrogens is 516 g/mol. The Balaban J connectivity index is 1.80. The number of carbonyl (C=O) groups is 4. The second-order valence-electron chi connectivity index (χ2n) is 10.1. The van der Waals surface area contributed by atoms with Crippen molar-refractivity contribution in [1.29, 1.82) is 0 Å². The molecule has 0 aromatic heterocycles. The third kappa shape index (κ3) is 6.72. The lowest BCUT2D eigenvalue weighted by Crippen LogP contribution is -2.56. The highest BCUT2D eigenvalue weighted by Crippen LogP contribution is 2.65. The van der Waals surface area contributed by atoms with E-state index in [4.69, 9.17) is 0 Å². The van der Waals surface area contributed by atoms with Crippen LogP contribution in [0.1, 0.15) is 40.0 Å². The number of piperidine rings is 1. The summed E-state index contributed by atoms with van der Waals surface area (Å²) in [6.45, 7) is 3.80. The predicted molar refractivity (Wildman–Crippen MR) is 112 cm³/mol. The fourth-order valence-corrected chi connectivity index (χ4v) is 5.40. The van der Waals surface area contributed by atoms with Crippen molar-refractivity contribution in [2.24, 2.45) is 23.2 Å². The van der Waals surface area contributed by atoms with Gasteiger partial charge < -0.3 is 15.5 Å². The van der Waals surface area contributed by atoms with Crippen LogP contribution < -0.4 is 10.6 Å². The zero-order valence-electron chi connectivity index (χ0n) is 20.4. The van der Waals surface area contributed by atoms with E-state index in [2.05, 4.69) is 20.1 Å². The second-order valence-corrected chi connectivity index (χ2v) is 10.1. The molecule has 3 fully saturated rings. The highest BCUT2D eigenvalue weighted by molar-refractivity contribution is 5.95. The van der Waals surface area contributed by atoms with Gasteiger partial charge in [-0.1, -0.05) is 20.8 Å². The van der Waals surface area contributed by atoms with Crippen molar-refractivity contribution in [1.82, 2.24) is 15.5 Å². The summed E-state index contributed by atoms with van der Waals surface area (Å²) >= 11 is 0. The first-order chi connectivity index (χ1) is 17.0. The van der Waals surface area contributed by atoms with Crippen molar-refractivity contribution in [3.05, 3.63) is 0 Å². The van der Waals surface area contributed by atoms with Gasteiger partial charge in [0.1, 0.15) is 18.8 Å². The van der Waals surface area contributed by atoms with Crippen molar-refractivity contribution < 1.29 is 55.0 Å². The molecule has 2 heterocycles. The number of rotatable bonds is 10. The normalized spacial score (nSPS) is 28.4. The summed E-state index contributed by atoms with van der Waals surface area (Å²) in [7, 11) is 0. The lowest BCUT2D eigenvalue weighted by Gasteiger charge is -2.33. The maximum Gasteiger partial charge on any atom is 0.523 e. The fraction of sp³-hybridized carbons (Fsp3) is 0.818. The van der Waals surface area contributed by atoms with Crippen molar-refractivity contribution in [2.45, 2.75) is 70.9 Å². The minimum absolute atomic E-state index is 0.0207. The van der Waals surface area contributed by atoms with Crippen LogP contribution in [0.15, 0.2) is 0 Å². The molecular formula is C22H29F6N3O6. The average molecular weight is 545 g/mol. The monoisotopic (exact) mass is 545 g/mol. The first-order valence-corrected chi connectivity index (χ1v) is 11.8. The molecule has 6 atom stereocenters. The van der Waals surface area contributed by atoms with Gasteiger partial charge in [-0.05, 0) is 36.5 Å². The molecule has 0 aromatic rings. The lowest BCUT2D eigenvalue weighted by atomic mass is 9.94. The minimum atomic E-state index is -5.11. The van der Waals surface area contributed by atoms with Crippen LogP contribution in [0, 0.1) is 23.2 Å². The number of amides is 3. The van der Waals surface area contributed by atoms with Gasteiger partial charge in [0.15, 0.2) is 5.78 Å². The van der Waals surface area contributed by atoms with Gasteiger partial charge in [-0.3, -0.25) is 28.7 Å². The van der Waals surface area contributed by atoms with Crippen molar-refractivity contribution >= 4 is 23.5 Å². The third-order valence-corrected chi connectivity index (χ3v) is 7.45. The molecule has 0 radical (unpaired) electrons. The summed E-state index contributed by atoms with van der Waals surface area (Å²) in [4.78, 5) is 51.9. The largest absolute Gasteiger partial charge is 0.523 e. The van der Waals surface area contributed by atoms with Crippen LogP contribution in [-0.4, -0.2) is 79.0 Å². The van der Waals surface area contributed by atoms with Crippen LogP contribution in [0.25, 0.3) is 0 Å². The number of nitrogens with one attached hydrogen (secondary N) is 2. The fourth-order valence-electron chi connectivity index (χ4n) is 5.40. The molecule has 2 aliphatic heterocycles. The maximum atomic E-state index is 13.4. The topological polar surface area (TPSA) is 114 Å². The Morgan fingerprint density at radius 2 is 1.81 bits per heavy atom. The van der Waals surface area contributed by atoms with Crippen LogP contribution in [0.5, 0.6) is 0 Å². The number of halogens is 6. The van der Waals surface area contributed by atoms with Gasteiger partial charge in [0.05, 0.1) is 6.04 Å². The summed E-state index contributed by atoms with van der Waals surface area (Å²) in [5.41, 5.74) is -0.435. The molecule has 3 amide bonds. The Morgan fingerprint density at radius 3 is 2.32 bits per heavy atom. The molecule has 3 rings (SSSR count). The van der Waals surface area contributed by atoms with Crippen LogP contribution in [0.3, 0.4) is 0 Å². The molecule has 0 spiro atoms. The highest BCUT2D eigenvalue weighted by Gasteiger charge is 2.69. The second kappa shape index (κ2) is 10.4. The van der Waals surface area contributed by atoms with E-state index in [0.717, 1.165) is 4.90 Å². The minimum Gasteiger partial charge on any atom is -0.356 e. The number of Topliss-reactive ketones (excluding diaryl/α,β-unsaturated/α-hetero) is 1. The zero-order chi connectivity index (χ0) is 27.9. The van der Waals surface area contributed by atoms with Gasteiger partial charge in [0.25, 0.3) is 5.91 Å². The van der Waals surface area contributed by atoms with Gasteiger partial charge in [0, 0.05) is 19.0 Å².